The molecule has 1 aromatic heterocycles. The minimum Gasteiger partial charge on any atom is -0.396 e. The van der Waals surface area contributed by atoms with E-state index in [0.29, 0.717) is 25.2 Å². The van der Waals surface area contributed by atoms with Crippen LogP contribution < -0.4 is 4.72 Å². The molecule has 0 saturated carbocycles. The van der Waals surface area contributed by atoms with Crippen molar-refractivity contribution in [2.45, 2.75) is 24.8 Å². The van der Waals surface area contributed by atoms with Crippen LogP contribution in [0.1, 0.15) is 18.7 Å². The van der Waals surface area contributed by atoms with Crippen LogP contribution in [0.3, 0.4) is 0 Å². The number of rotatable bonds is 6. The molecule has 0 amide bonds. The van der Waals surface area contributed by atoms with Crippen LogP contribution in [0.2, 0.25) is 0 Å². The maximum Gasteiger partial charge on any atom is 0.257 e. The average Bonchev–Trinajstić information content (AvgIpc) is 2.60. The number of imidazole rings is 1. The third kappa shape index (κ3) is 3.61. The fourth-order valence-electron chi connectivity index (χ4n) is 1.06. The van der Waals surface area contributed by atoms with Gasteiger partial charge in [-0.3, -0.25) is 0 Å². The number of hydrogen-bond donors (Lipinski definition) is 3. The van der Waals surface area contributed by atoms with Crippen LogP contribution in [-0.4, -0.2) is 36.6 Å². The number of H-pyrrole nitrogens is 1. The molecular weight excluding hydrogens is 218 g/mol. The third-order valence-corrected chi connectivity index (χ3v) is 3.22. The Morgan fingerprint density at radius 1 is 1.53 bits per heavy atom. The molecule has 86 valence electrons. The van der Waals surface area contributed by atoms with E-state index in [1.807, 2.05) is 0 Å². The van der Waals surface area contributed by atoms with Gasteiger partial charge in [0.2, 0.25) is 0 Å². The van der Waals surface area contributed by atoms with E-state index >= 15 is 0 Å². The monoisotopic (exact) mass is 233 g/mol. The second kappa shape index (κ2) is 5.24. The molecule has 1 aromatic rings. The topological polar surface area (TPSA) is 95.1 Å². The number of aliphatic hydroxyl groups is 1. The Hall–Kier alpha value is -0.920. The quantitative estimate of drug-likeness (QED) is 0.591. The molecule has 1 heterocycles. The number of aromatic nitrogens is 2. The first-order valence-corrected chi connectivity index (χ1v) is 6.17. The number of aliphatic hydroxyl groups excluding tert-OH is 1. The summed E-state index contributed by atoms with van der Waals surface area (Å²) in [6.45, 7) is 2.08. The Balaban J connectivity index is 2.53. The van der Waals surface area contributed by atoms with Gasteiger partial charge in [-0.25, -0.2) is 18.1 Å². The molecule has 0 unspecified atom stereocenters. The normalized spacial score (nSPS) is 11.9. The van der Waals surface area contributed by atoms with Gasteiger partial charge in [0.05, 0.1) is 6.20 Å². The Bertz CT molecular complexity index is 399. The van der Waals surface area contributed by atoms with Gasteiger partial charge in [0, 0.05) is 13.2 Å². The molecule has 7 heteroatoms. The molecule has 0 spiro atoms. The molecule has 0 bridgehead atoms. The van der Waals surface area contributed by atoms with E-state index in [9.17, 15) is 8.42 Å². The number of nitrogens with one attached hydrogen (secondary N) is 2. The Labute approximate surface area is 88.8 Å². The maximum absolute atomic E-state index is 11.6. The van der Waals surface area contributed by atoms with Crippen LogP contribution in [0, 0.1) is 6.92 Å². The first-order valence-electron chi connectivity index (χ1n) is 4.68. The Morgan fingerprint density at radius 3 is 2.80 bits per heavy atom. The summed E-state index contributed by atoms with van der Waals surface area (Å²) in [5.41, 5.74) is 0. The number of nitrogens with zero attached hydrogens (tertiary/aromatic N) is 1. The fraction of sp³-hybridized carbons (Fsp3) is 0.625. The Kier molecular flexibility index (Phi) is 4.25. The van der Waals surface area contributed by atoms with Crippen LogP contribution in [0.15, 0.2) is 11.2 Å². The first kappa shape index (κ1) is 12.2. The van der Waals surface area contributed by atoms with Gasteiger partial charge in [0.1, 0.15) is 5.82 Å². The van der Waals surface area contributed by atoms with Crippen LogP contribution in [-0.2, 0) is 10.0 Å². The molecule has 6 nitrogen and oxygen atoms in total. The molecule has 0 aliphatic rings. The van der Waals surface area contributed by atoms with E-state index in [2.05, 4.69) is 14.7 Å². The average molecular weight is 233 g/mol. The molecule has 0 fully saturated rings. The van der Waals surface area contributed by atoms with Crippen LogP contribution in [0.25, 0.3) is 0 Å². The summed E-state index contributed by atoms with van der Waals surface area (Å²) in [5.74, 6) is 0.561. The lowest BCUT2D eigenvalue weighted by molar-refractivity contribution is 0.285. The molecule has 0 aromatic carbocycles. The van der Waals surface area contributed by atoms with E-state index in [4.69, 9.17) is 5.11 Å². The first-order chi connectivity index (χ1) is 7.06. The van der Waals surface area contributed by atoms with Crippen LogP contribution >= 0.6 is 0 Å². The number of hydrogen-bond acceptors (Lipinski definition) is 4. The zero-order chi connectivity index (χ0) is 11.3. The van der Waals surface area contributed by atoms with Gasteiger partial charge >= 0.3 is 0 Å². The molecule has 15 heavy (non-hydrogen) atoms. The molecule has 0 aliphatic carbocycles. The smallest absolute Gasteiger partial charge is 0.257 e. The van der Waals surface area contributed by atoms with Crippen molar-refractivity contribution >= 4 is 10.0 Å². The van der Waals surface area contributed by atoms with Gasteiger partial charge in [-0.2, -0.15) is 0 Å². The van der Waals surface area contributed by atoms with Gasteiger partial charge in [-0.15, -0.1) is 0 Å². The van der Waals surface area contributed by atoms with E-state index in [0.717, 1.165) is 0 Å². The predicted molar refractivity (Wildman–Crippen MR) is 54.8 cm³/mol. The van der Waals surface area contributed by atoms with Crippen molar-refractivity contribution in [1.29, 1.82) is 0 Å². The highest BCUT2D eigenvalue weighted by molar-refractivity contribution is 7.89. The lowest BCUT2D eigenvalue weighted by Gasteiger charge is -2.03. The summed E-state index contributed by atoms with van der Waals surface area (Å²) in [4.78, 5) is 6.46. The number of sulfonamides is 1. The highest BCUT2D eigenvalue weighted by Gasteiger charge is 2.15. The molecular formula is C8H15N3O3S. The molecule has 0 aliphatic heterocycles. The highest BCUT2D eigenvalue weighted by Crippen LogP contribution is 2.04. The second-order valence-corrected chi connectivity index (χ2v) is 4.90. The highest BCUT2D eigenvalue weighted by atomic mass is 32.2. The molecule has 0 atom stereocenters. The second-order valence-electron chi connectivity index (χ2n) is 3.16. The zero-order valence-electron chi connectivity index (χ0n) is 8.52. The van der Waals surface area contributed by atoms with Crippen molar-refractivity contribution < 1.29 is 13.5 Å². The lowest BCUT2D eigenvalue weighted by atomic mass is 10.3. The van der Waals surface area contributed by atoms with Crippen molar-refractivity contribution in [2.24, 2.45) is 0 Å². The fourth-order valence-corrected chi connectivity index (χ4v) is 2.10. The molecule has 0 saturated heterocycles. The summed E-state index contributed by atoms with van der Waals surface area (Å²) >= 11 is 0. The van der Waals surface area contributed by atoms with Gasteiger partial charge < -0.3 is 10.1 Å². The van der Waals surface area contributed by atoms with E-state index in [-0.39, 0.29) is 11.6 Å². The summed E-state index contributed by atoms with van der Waals surface area (Å²) in [6.07, 6.45) is 2.48. The third-order valence-electron chi connectivity index (χ3n) is 1.85. The zero-order valence-corrected chi connectivity index (χ0v) is 9.34. The number of aromatic amines is 1. The molecule has 0 radical (unpaired) electrons. The Morgan fingerprint density at radius 2 is 2.27 bits per heavy atom. The van der Waals surface area contributed by atoms with Crippen LogP contribution in [0.4, 0.5) is 0 Å². The molecule has 3 N–H and O–H groups in total. The van der Waals surface area contributed by atoms with Crippen molar-refractivity contribution in [1.82, 2.24) is 14.7 Å². The summed E-state index contributed by atoms with van der Waals surface area (Å²) in [5, 5.41) is 8.60. The van der Waals surface area contributed by atoms with Crippen molar-refractivity contribution in [3.63, 3.8) is 0 Å². The maximum atomic E-state index is 11.6. The van der Waals surface area contributed by atoms with Gasteiger partial charge in [-0.05, 0) is 19.8 Å². The standard InChI is InChI=1S/C8H15N3O3S/c1-7-9-6-8(11-7)15(13,14)10-4-2-3-5-12/h6,10,12H,2-5H2,1H3,(H,9,11). The summed E-state index contributed by atoms with van der Waals surface area (Å²) in [6, 6.07) is 0. The predicted octanol–water partition coefficient (Wildman–Crippen LogP) is -0.231. The largest absolute Gasteiger partial charge is 0.396 e. The van der Waals surface area contributed by atoms with Gasteiger partial charge in [-0.1, -0.05) is 0 Å². The van der Waals surface area contributed by atoms with Crippen molar-refractivity contribution in [3.05, 3.63) is 12.0 Å². The molecule has 1 rings (SSSR count). The van der Waals surface area contributed by atoms with Gasteiger partial charge in [0.25, 0.3) is 10.0 Å². The van der Waals surface area contributed by atoms with Crippen molar-refractivity contribution in [2.75, 3.05) is 13.2 Å². The summed E-state index contributed by atoms with van der Waals surface area (Å²) in [7, 11) is -3.47. The van der Waals surface area contributed by atoms with Gasteiger partial charge in [0.15, 0.2) is 5.03 Å². The van der Waals surface area contributed by atoms with E-state index < -0.39 is 10.0 Å². The summed E-state index contributed by atoms with van der Waals surface area (Å²) < 4.78 is 25.5. The lowest BCUT2D eigenvalue weighted by Crippen LogP contribution is -2.25. The van der Waals surface area contributed by atoms with E-state index in [1.54, 1.807) is 6.92 Å². The minimum absolute atomic E-state index is 0.0731. The van der Waals surface area contributed by atoms with E-state index in [1.165, 1.54) is 6.20 Å². The van der Waals surface area contributed by atoms with Crippen molar-refractivity contribution in [3.8, 4) is 0 Å². The van der Waals surface area contributed by atoms with Crippen LogP contribution in [0.5, 0.6) is 0 Å². The SMILES string of the molecule is Cc1ncc(S(=O)(=O)NCCCCO)[nH]1. The number of unbranched alkanes of at least 4 members (excludes halogenated alkanes) is 1. The minimum atomic E-state index is -3.47. The number of aryl methyl sites for hydroxylation is 1.